The van der Waals surface area contributed by atoms with Crippen LogP contribution in [0.3, 0.4) is 0 Å². The van der Waals surface area contributed by atoms with Crippen molar-refractivity contribution in [2.75, 3.05) is 36.5 Å². The molecule has 1 aliphatic heterocycles. The summed E-state index contributed by atoms with van der Waals surface area (Å²) < 4.78 is 37.3. The van der Waals surface area contributed by atoms with Crippen molar-refractivity contribution in [2.45, 2.75) is 16.2 Å². The van der Waals surface area contributed by atoms with Gasteiger partial charge in [0.25, 0.3) is 0 Å². The highest BCUT2D eigenvalue weighted by Crippen LogP contribution is 2.26. The minimum Gasteiger partial charge on any atom is -0.340 e. The first kappa shape index (κ1) is 23.5. The molecule has 35 heavy (non-hydrogen) atoms. The number of fused-ring (bicyclic) bond motifs is 1. The van der Waals surface area contributed by atoms with E-state index in [4.69, 9.17) is 0 Å². The third-order valence-corrected chi connectivity index (χ3v) is 9.08. The van der Waals surface area contributed by atoms with Crippen LogP contribution < -0.4 is 5.32 Å². The summed E-state index contributed by atoms with van der Waals surface area (Å²) in [4.78, 5) is 16.1. The number of sulfone groups is 1. The molecule has 2 aromatic carbocycles. The molecule has 8 nitrogen and oxygen atoms in total. The van der Waals surface area contributed by atoms with E-state index in [-0.39, 0.29) is 9.79 Å². The van der Waals surface area contributed by atoms with Crippen molar-refractivity contribution in [1.82, 2.24) is 19.9 Å². The summed E-state index contributed by atoms with van der Waals surface area (Å²) in [5, 5.41) is 4.13. The molecule has 4 aromatic rings. The van der Waals surface area contributed by atoms with Gasteiger partial charge >= 0.3 is 0 Å². The van der Waals surface area contributed by atoms with Gasteiger partial charge in [-0.2, -0.15) is 0 Å². The number of pyridine rings is 1. The zero-order chi connectivity index (χ0) is 24.3. The van der Waals surface area contributed by atoms with Gasteiger partial charge in [0.1, 0.15) is 12.1 Å². The standard InChI is InChI=1S/C25H25N5O3S2/c31-34-14-12-30(13-15-34)11-10-20-16-23-24(17-26-20)27-18-28-25(23)29-19-6-8-22(9-7-19)35(32,33)21-4-2-1-3-5-21/h1-9,16-18H,10-15H2,(H,27,28,29). The Morgan fingerprint density at radius 2 is 1.63 bits per heavy atom. The topological polar surface area (TPSA) is 105 Å². The van der Waals surface area contributed by atoms with Crippen LogP contribution in [-0.4, -0.2) is 63.6 Å². The van der Waals surface area contributed by atoms with Gasteiger partial charge in [0.15, 0.2) is 0 Å². The van der Waals surface area contributed by atoms with Gasteiger partial charge in [0, 0.05) is 65.1 Å². The van der Waals surface area contributed by atoms with E-state index in [1.165, 1.54) is 6.33 Å². The number of nitrogens with zero attached hydrogens (tertiary/aromatic N) is 4. The quantitative estimate of drug-likeness (QED) is 0.407. The third-order valence-electron chi connectivity index (χ3n) is 6.01. The Balaban J connectivity index is 1.33. The minimum atomic E-state index is -3.57. The van der Waals surface area contributed by atoms with Crippen LogP contribution in [0, 0.1) is 0 Å². The maximum absolute atomic E-state index is 12.8. The molecule has 5 rings (SSSR count). The summed E-state index contributed by atoms with van der Waals surface area (Å²) in [6, 6.07) is 17.0. The number of rotatable bonds is 7. The van der Waals surface area contributed by atoms with Gasteiger partial charge in [0.2, 0.25) is 9.84 Å². The zero-order valence-corrected chi connectivity index (χ0v) is 20.6. The van der Waals surface area contributed by atoms with E-state index in [1.807, 2.05) is 6.07 Å². The molecule has 2 aromatic heterocycles. The summed E-state index contributed by atoms with van der Waals surface area (Å²) >= 11 is 0. The molecule has 1 fully saturated rings. The Kier molecular flexibility index (Phi) is 6.85. The van der Waals surface area contributed by atoms with Crippen LogP contribution in [0.1, 0.15) is 5.69 Å². The molecule has 1 aliphatic rings. The molecule has 1 N–H and O–H groups in total. The smallest absolute Gasteiger partial charge is 0.206 e. The highest BCUT2D eigenvalue weighted by Gasteiger charge is 2.17. The predicted octanol–water partition coefficient (Wildman–Crippen LogP) is 3.21. The first-order valence-corrected chi connectivity index (χ1v) is 14.3. The largest absolute Gasteiger partial charge is 0.340 e. The van der Waals surface area contributed by atoms with E-state index < -0.39 is 20.6 Å². The van der Waals surface area contributed by atoms with E-state index in [2.05, 4.69) is 25.2 Å². The average molecular weight is 508 g/mol. The molecule has 0 bridgehead atoms. The van der Waals surface area contributed by atoms with Crippen molar-refractivity contribution in [3.05, 3.63) is 78.9 Å². The lowest BCUT2D eigenvalue weighted by Gasteiger charge is -2.25. The fourth-order valence-corrected chi connectivity index (χ4v) is 6.41. The molecule has 0 aliphatic carbocycles. The van der Waals surface area contributed by atoms with Gasteiger partial charge in [-0.1, -0.05) is 18.2 Å². The number of nitrogens with one attached hydrogen (secondary N) is 1. The van der Waals surface area contributed by atoms with Crippen molar-refractivity contribution in [2.24, 2.45) is 0 Å². The number of benzene rings is 2. The van der Waals surface area contributed by atoms with Crippen molar-refractivity contribution in [3.8, 4) is 0 Å². The van der Waals surface area contributed by atoms with Gasteiger partial charge in [0.05, 0.1) is 21.5 Å². The van der Waals surface area contributed by atoms with Crippen LogP contribution in [0.4, 0.5) is 11.5 Å². The molecule has 1 saturated heterocycles. The first-order chi connectivity index (χ1) is 17.0. The SMILES string of the molecule is O=S1CCN(CCc2cc3c(Nc4ccc(S(=O)(=O)c5ccccc5)cc4)ncnc3cn2)CC1. The Hall–Kier alpha value is -3.21. The maximum atomic E-state index is 12.8. The highest BCUT2D eigenvalue weighted by molar-refractivity contribution is 7.91. The summed E-state index contributed by atoms with van der Waals surface area (Å²) in [6.07, 6.45) is 4.01. The van der Waals surface area contributed by atoms with Crippen LogP contribution >= 0.6 is 0 Å². The molecule has 0 saturated carbocycles. The van der Waals surface area contributed by atoms with Crippen molar-refractivity contribution >= 4 is 43.0 Å². The summed E-state index contributed by atoms with van der Waals surface area (Å²) in [7, 11) is -4.25. The first-order valence-electron chi connectivity index (χ1n) is 11.3. The second-order valence-electron chi connectivity index (χ2n) is 8.32. The fourth-order valence-electron chi connectivity index (χ4n) is 4.00. The Morgan fingerprint density at radius 3 is 2.37 bits per heavy atom. The molecule has 0 unspecified atom stereocenters. The van der Waals surface area contributed by atoms with Crippen LogP contribution in [0.25, 0.3) is 10.9 Å². The number of aromatic nitrogens is 3. The molecule has 0 atom stereocenters. The van der Waals surface area contributed by atoms with Gasteiger partial charge in [-0.25, -0.2) is 18.4 Å². The summed E-state index contributed by atoms with van der Waals surface area (Å²) in [6.45, 7) is 2.57. The van der Waals surface area contributed by atoms with Gasteiger partial charge in [-0.3, -0.25) is 9.19 Å². The average Bonchev–Trinajstić information content (AvgIpc) is 2.89. The zero-order valence-electron chi connectivity index (χ0n) is 19.0. The molecule has 0 spiro atoms. The monoisotopic (exact) mass is 507 g/mol. The van der Waals surface area contributed by atoms with Crippen LogP contribution in [0.5, 0.6) is 0 Å². The Morgan fingerprint density at radius 1 is 0.914 bits per heavy atom. The highest BCUT2D eigenvalue weighted by atomic mass is 32.2. The number of hydrogen-bond donors (Lipinski definition) is 1. The van der Waals surface area contributed by atoms with Gasteiger partial charge < -0.3 is 10.2 Å². The fraction of sp³-hybridized carbons (Fsp3) is 0.240. The van der Waals surface area contributed by atoms with Crippen LogP contribution in [0.15, 0.2) is 83.0 Å². The molecule has 10 heteroatoms. The van der Waals surface area contributed by atoms with E-state index >= 15 is 0 Å². The lowest BCUT2D eigenvalue weighted by Crippen LogP contribution is -2.38. The van der Waals surface area contributed by atoms with E-state index in [0.29, 0.717) is 5.82 Å². The Labute approximate surface area is 206 Å². The van der Waals surface area contributed by atoms with E-state index in [0.717, 1.165) is 59.8 Å². The molecule has 0 radical (unpaired) electrons. The second kappa shape index (κ2) is 10.2. The summed E-state index contributed by atoms with van der Waals surface area (Å²) in [5.74, 6) is 2.10. The molecular weight excluding hydrogens is 482 g/mol. The van der Waals surface area contributed by atoms with Crippen LogP contribution in [-0.2, 0) is 27.1 Å². The van der Waals surface area contributed by atoms with E-state index in [9.17, 15) is 12.6 Å². The Bertz CT molecular complexity index is 1450. The minimum absolute atomic E-state index is 0.231. The lowest BCUT2D eigenvalue weighted by molar-refractivity contribution is 0.302. The van der Waals surface area contributed by atoms with Crippen molar-refractivity contribution < 1.29 is 12.6 Å². The molecule has 180 valence electrons. The van der Waals surface area contributed by atoms with Crippen molar-refractivity contribution in [1.29, 1.82) is 0 Å². The molecule has 3 heterocycles. The van der Waals surface area contributed by atoms with E-state index in [1.54, 1.807) is 60.8 Å². The molecule has 0 amide bonds. The number of anilines is 2. The van der Waals surface area contributed by atoms with Gasteiger partial charge in [-0.05, 0) is 42.5 Å². The predicted molar refractivity (Wildman–Crippen MR) is 137 cm³/mol. The lowest BCUT2D eigenvalue weighted by atomic mass is 10.2. The normalized spacial score (nSPS) is 15.3. The summed E-state index contributed by atoms with van der Waals surface area (Å²) in [5.41, 5.74) is 2.38. The maximum Gasteiger partial charge on any atom is 0.206 e. The number of hydrogen-bond acceptors (Lipinski definition) is 8. The third kappa shape index (κ3) is 5.39. The van der Waals surface area contributed by atoms with Crippen molar-refractivity contribution in [3.63, 3.8) is 0 Å². The second-order valence-corrected chi connectivity index (χ2v) is 12.0. The van der Waals surface area contributed by atoms with Gasteiger partial charge in [-0.15, -0.1) is 0 Å². The molecular formula is C25H25N5O3S2. The van der Waals surface area contributed by atoms with Crippen LogP contribution in [0.2, 0.25) is 0 Å².